The normalized spacial score (nSPS) is 14.7. The molecule has 6 aromatic rings. The maximum absolute atomic E-state index is 6.09. The first-order valence-corrected chi connectivity index (χ1v) is 13.4. The quantitative estimate of drug-likeness (QED) is 0.252. The van der Waals surface area contributed by atoms with Crippen LogP contribution in [0.2, 0.25) is 0 Å². The molecule has 40 heavy (non-hydrogen) atoms. The Labute approximate surface area is 230 Å². The maximum Gasteiger partial charge on any atom is 0.227 e. The first-order valence-electron chi connectivity index (χ1n) is 13.4. The molecule has 0 saturated carbocycles. The van der Waals surface area contributed by atoms with Gasteiger partial charge in [0.25, 0.3) is 0 Å². The lowest BCUT2D eigenvalue weighted by molar-refractivity contribution is 0.311. The van der Waals surface area contributed by atoms with E-state index in [9.17, 15) is 0 Å². The molecule has 0 radical (unpaired) electrons. The zero-order valence-corrected chi connectivity index (χ0v) is 22.2. The highest BCUT2D eigenvalue weighted by atomic mass is 16.5. The van der Waals surface area contributed by atoms with Gasteiger partial charge in [0.05, 0.1) is 24.5 Å². The molecule has 0 fully saturated rings. The number of oxazole rings is 2. The summed E-state index contributed by atoms with van der Waals surface area (Å²) in [5, 5.41) is 0. The smallest absolute Gasteiger partial charge is 0.227 e. The van der Waals surface area contributed by atoms with E-state index in [4.69, 9.17) is 28.3 Å². The monoisotopic (exact) mass is 530 g/mol. The number of anilines is 2. The van der Waals surface area contributed by atoms with Gasteiger partial charge in [0, 0.05) is 37.4 Å². The lowest BCUT2D eigenvalue weighted by atomic mass is 10.0. The molecule has 0 bridgehead atoms. The molecule has 8 nitrogen and oxygen atoms in total. The van der Waals surface area contributed by atoms with Crippen molar-refractivity contribution in [2.75, 3.05) is 50.2 Å². The highest BCUT2D eigenvalue weighted by Gasteiger charge is 2.20. The van der Waals surface area contributed by atoms with Gasteiger partial charge in [-0.1, -0.05) is 24.3 Å². The number of benzene rings is 4. The van der Waals surface area contributed by atoms with Crippen LogP contribution in [-0.2, 0) is 0 Å². The minimum atomic E-state index is 0.594. The molecule has 2 aliphatic rings. The van der Waals surface area contributed by atoms with Gasteiger partial charge in [-0.15, -0.1) is 0 Å². The third-order valence-corrected chi connectivity index (χ3v) is 7.73. The van der Waals surface area contributed by atoms with Gasteiger partial charge in [0.2, 0.25) is 11.8 Å². The van der Waals surface area contributed by atoms with Gasteiger partial charge in [-0.2, -0.15) is 0 Å². The predicted octanol–water partition coefficient (Wildman–Crippen LogP) is 6.63. The van der Waals surface area contributed by atoms with Crippen molar-refractivity contribution in [3.05, 3.63) is 72.8 Å². The summed E-state index contributed by atoms with van der Waals surface area (Å²) in [7, 11) is 4.12. The van der Waals surface area contributed by atoms with Gasteiger partial charge in [0.15, 0.2) is 11.2 Å². The number of rotatable bonds is 3. The van der Waals surface area contributed by atoms with Crippen molar-refractivity contribution in [2.24, 2.45) is 0 Å². The third-order valence-electron chi connectivity index (χ3n) is 7.73. The molecule has 0 spiro atoms. The van der Waals surface area contributed by atoms with E-state index < -0.39 is 0 Å². The summed E-state index contributed by atoms with van der Waals surface area (Å²) in [5.74, 6) is 2.86. The maximum atomic E-state index is 6.09. The molecule has 2 aromatic heterocycles. The topological polar surface area (TPSA) is 77.0 Å². The van der Waals surface area contributed by atoms with Crippen LogP contribution in [0.3, 0.4) is 0 Å². The van der Waals surface area contributed by atoms with Crippen LogP contribution in [-0.4, -0.2) is 50.4 Å². The molecule has 0 amide bonds. The Bertz CT molecular complexity index is 1750. The molecule has 4 aromatic carbocycles. The Hall–Kier alpha value is -4.98. The van der Waals surface area contributed by atoms with Gasteiger partial charge in [-0.05, 0) is 47.5 Å². The Morgan fingerprint density at radius 3 is 1.38 bits per heavy atom. The molecule has 8 rings (SSSR count). The zero-order valence-electron chi connectivity index (χ0n) is 22.2. The van der Waals surface area contributed by atoms with Crippen LogP contribution in [0.15, 0.2) is 81.6 Å². The average Bonchev–Trinajstić information content (AvgIpc) is 3.60. The van der Waals surface area contributed by atoms with Crippen molar-refractivity contribution < 1.29 is 18.3 Å². The molecule has 2 aliphatic heterocycles. The number of hydrogen-bond acceptors (Lipinski definition) is 8. The van der Waals surface area contributed by atoms with Crippen molar-refractivity contribution in [1.82, 2.24) is 9.97 Å². The number of ether oxygens (including phenoxy) is 2. The van der Waals surface area contributed by atoms with E-state index in [2.05, 4.69) is 48.2 Å². The van der Waals surface area contributed by atoms with Crippen molar-refractivity contribution in [2.45, 2.75) is 0 Å². The number of nitrogens with zero attached hydrogens (tertiary/aromatic N) is 4. The predicted molar refractivity (Wildman–Crippen MR) is 155 cm³/mol. The highest BCUT2D eigenvalue weighted by Crippen LogP contribution is 2.38. The van der Waals surface area contributed by atoms with Crippen molar-refractivity contribution in [3.63, 3.8) is 0 Å². The van der Waals surface area contributed by atoms with E-state index in [0.717, 1.165) is 80.4 Å². The van der Waals surface area contributed by atoms with E-state index in [1.165, 1.54) is 0 Å². The minimum Gasteiger partial charge on any atom is -0.489 e. The third kappa shape index (κ3) is 3.75. The molecule has 0 unspecified atom stereocenters. The molecular weight excluding hydrogens is 504 g/mol. The molecule has 8 heteroatoms. The van der Waals surface area contributed by atoms with Crippen LogP contribution in [0, 0.1) is 0 Å². The molecular formula is C32H26N4O4. The summed E-state index contributed by atoms with van der Waals surface area (Å²) in [5.41, 5.74) is 9.22. The number of aromatic nitrogens is 2. The average molecular weight is 531 g/mol. The summed E-state index contributed by atoms with van der Waals surface area (Å²) in [6.45, 7) is 3.05. The summed E-state index contributed by atoms with van der Waals surface area (Å²) < 4.78 is 23.8. The van der Waals surface area contributed by atoms with Crippen LogP contribution < -0.4 is 19.3 Å². The van der Waals surface area contributed by atoms with E-state index in [1.807, 2.05) is 48.5 Å². The summed E-state index contributed by atoms with van der Waals surface area (Å²) >= 11 is 0. The fraction of sp³-hybridized carbons (Fsp3) is 0.188. The Morgan fingerprint density at radius 2 is 0.950 bits per heavy atom. The number of hydrogen-bond donors (Lipinski definition) is 0. The van der Waals surface area contributed by atoms with Crippen LogP contribution >= 0.6 is 0 Å². The summed E-state index contributed by atoms with van der Waals surface area (Å²) in [6, 6.07) is 24.4. The first-order chi connectivity index (χ1) is 19.6. The van der Waals surface area contributed by atoms with Crippen LogP contribution in [0.4, 0.5) is 11.4 Å². The fourth-order valence-electron chi connectivity index (χ4n) is 5.40. The Balaban J connectivity index is 1.05. The SMILES string of the molecule is CN1CCOc2cc3oc(-c4ccc(-c5ccc(-c6nc7cc8c(cc7o6)OCCN8C)cc5)cc4)nc3cc21. The van der Waals surface area contributed by atoms with Crippen molar-refractivity contribution in [1.29, 1.82) is 0 Å². The molecule has 0 aliphatic carbocycles. The van der Waals surface area contributed by atoms with E-state index >= 15 is 0 Å². The lowest BCUT2D eigenvalue weighted by Gasteiger charge is -2.27. The summed E-state index contributed by atoms with van der Waals surface area (Å²) in [4.78, 5) is 13.8. The first kappa shape index (κ1) is 23.0. The lowest BCUT2D eigenvalue weighted by Crippen LogP contribution is -2.28. The fourth-order valence-corrected chi connectivity index (χ4v) is 5.40. The molecule has 0 saturated heterocycles. The summed E-state index contributed by atoms with van der Waals surface area (Å²) in [6.07, 6.45) is 0. The molecule has 0 atom stereocenters. The minimum absolute atomic E-state index is 0.594. The zero-order chi connectivity index (χ0) is 26.8. The van der Waals surface area contributed by atoms with Gasteiger partial charge in [-0.3, -0.25) is 0 Å². The Kier molecular flexibility index (Phi) is 5.04. The second-order valence-electron chi connectivity index (χ2n) is 10.3. The molecule has 0 N–H and O–H groups in total. The van der Waals surface area contributed by atoms with Crippen LogP contribution in [0.5, 0.6) is 11.5 Å². The van der Waals surface area contributed by atoms with E-state index in [0.29, 0.717) is 25.0 Å². The number of likely N-dealkylation sites (N-methyl/N-ethyl adjacent to an activating group) is 2. The van der Waals surface area contributed by atoms with Gasteiger partial charge < -0.3 is 28.1 Å². The molecule has 198 valence electrons. The molecule has 4 heterocycles. The highest BCUT2D eigenvalue weighted by molar-refractivity contribution is 5.86. The van der Waals surface area contributed by atoms with E-state index in [-0.39, 0.29) is 0 Å². The van der Waals surface area contributed by atoms with E-state index in [1.54, 1.807) is 0 Å². The van der Waals surface area contributed by atoms with Gasteiger partial charge >= 0.3 is 0 Å². The standard InChI is InChI=1S/C32H26N4O4/c1-35-11-13-37-29-17-27-23(15-25(29)35)33-31(39-27)21-7-3-19(4-8-21)20-5-9-22(10-6-20)32-34-24-16-26-30(18-28(24)40-32)38-14-12-36(26)2/h3-10,15-18H,11-14H2,1-2H3. The van der Waals surface area contributed by atoms with Crippen LogP contribution in [0.25, 0.3) is 56.2 Å². The van der Waals surface area contributed by atoms with Crippen molar-refractivity contribution >= 4 is 33.6 Å². The number of fused-ring (bicyclic) bond motifs is 4. The van der Waals surface area contributed by atoms with Gasteiger partial charge in [0.1, 0.15) is 35.7 Å². The van der Waals surface area contributed by atoms with Crippen LogP contribution in [0.1, 0.15) is 0 Å². The second-order valence-corrected chi connectivity index (χ2v) is 10.3. The van der Waals surface area contributed by atoms with Crippen molar-refractivity contribution in [3.8, 4) is 45.5 Å². The Morgan fingerprint density at radius 1 is 0.550 bits per heavy atom. The van der Waals surface area contributed by atoms with Gasteiger partial charge in [-0.25, -0.2) is 9.97 Å². The largest absolute Gasteiger partial charge is 0.489 e. The second kappa shape index (κ2) is 8.77.